The number of nitrogens with zero attached hydrogens (tertiary/aromatic N) is 2. The standard InChI is InChI=1S/C21H23BrN2O2/c1-21(2,3)26-13-16(14-8-6-5-7-9-14)19-20(25)24(4)18-12-15(22)10-11-17(18)23-19/h5-12,16H,13H2,1-4H3. The Morgan fingerprint density at radius 1 is 1.15 bits per heavy atom. The molecule has 0 aliphatic heterocycles. The smallest absolute Gasteiger partial charge is 0.273 e. The maximum atomic E-state index is 13.1. The van der Waals surface area contributed by atoms with Crippen LogP contribution in [0.3, 0.4) is 0 Å². The Hall–Kier alpha value is -1.98. The minimum atomic E-state index is -0.292. The van der Waals surface area contributed by atoms with Gasteiger partial charge >= 0.3 is 0 Å². The van der Waals surface area contributed by atoms with E-state index in [0.717, 1.165) is 21.1 Å². The topological polar surface area (TPSA) is 44.1 Å². The van der Waals surface area contributed by atoms with E-state index in [2.05, 4.69) is 15.9 Å². The Kier molecular flexibility index (Phi) is 5.30. The average molecular weight is 415 g/mol. The van der Waals surface area contributed by atoms with E-state index in [4.69, 9.17) is 9.72 Å². The lowest BCUT2D eigenvalue weighted by molar-refractivity contribution is -0.00716. The van der Waals surface area contributed by atoms with Crippen LogP contribution in [0.2, 0.25) is 0 Å². The molecule has 1 unspecified atom stereocenters. The summed E-state index contributed by atoms with van der Waals surface area (Å²) in [5, 5.41) is 0. The van der Waals surface area contributed by atoms with Gasteiger partial charge in [0.25, 0.3) is 5.56 Å². The molecule has 3 rings (SSSR count). The highest BCUT2D eigenvalue weighted by Crippen LogP contribution is 2.25. The van der Waals surface area contributed by atoms with Gasteiger partial charge in [-0.25, -0.2) is 4.98 Å². The van der Waals surface area contributed by atoms with Crippen LogP contribution in [0.15, 0.2) is 57.8 Å². The molecule has 0 saturated carbocycles. The minimum Gasteiger partial charge on any atom is -0.375 e. The summed E-state index contributed by atoms with van der Waals surface area (Å²) in [6.45, 7) is 6.44. The molecule has 0 N–H and O–H groups in total. The molecular formula is C21H23BrN2O2. The fourth-order valence-electron chi connectivity index (χ4n) is 2.90. The fourth-order valence-corrected chi connectivity index (χ4v) is 3.25. The zero-order chi connectivity index (χ0) is 18.9. The minimum absolute atomic E-state index is 0.0954. The summed E-state index contributed by atoms with van der Waals surface area (Å²) in [6.07, 6.45) is 0. The summed E-state index contributed by atoms with van der Waals surface area (Å²) >= 11 is 3.46. The molecule has 0 saturated heterocycles. The van der Waals surface area contributed by atoms with Crippen LogP contribution in [0, 0.1) is 0 Å². The van der Waals surface area contributed by atoms with Gasteiger partial charge < -0.3 is 9.30 Å². The molecule has 0 aliphatic rings. The fraction of sp³-hybridized carbons (Fsp3) is 0.333. The van der Waals surface area contributed by atoms with E-state index >= 15 is 0 Å². The number of ether oxygens (including phenoxy) is 1. The molecular weight excluding hydrogens is 392 g/mol. The molecule has 3 aromatic rings. The normalized spacial score (nSPS) is 13.1. The van der Waals surface area contributed by atoms with Crippen LogP contribution < -0.4 is 5.56 Å². The van der Waals surface area contributed by atoms with Gasteiger partial charge in [-0.3, -0.25) is 4.79 Å². The molecule has 136 valence electrons. The second-order valence-electron chi connectivity index (χ2n) is 7.38. The van der Waals surface area contributed by atoms with Crippen molar-refractivity contribution in [2.75, 3.05) is 6.61 Å². The van der Waals surface area contributed by atoms with Gasteiger partial charge in [0.1, 0.15) is 5.69 Å². The molecule has 4 nitrogen and oxygen atoms in total. The van der Waals surface area contributed by atoms with Gasteiger partial charge in [-0.15, -0.1) is 0 Å². The molecule has 0 fully saturated rings. The van der Waals surface area contributed by atoms with Crippen molar-refractivity contribution in [1.29, 1.82) is 0 Å². The largest absolute Gasteiger partial charge is 0.375 e. The second-order valence-corrected chi connectivity index (χ2v) is 8.30. The number of benzene rings is 2. The molecule has 1 atom stereocenters. The van der Waals surface area contributed by atoms with Crippen LogP contribution in [-0.4, -0.2) is 21.8 Å². The van der Waals surface area contributed by atoms with Crippen LogP contribution in [0.1, 0.15) is 37.9 Å². The van der Waals surface area contributed by atoms with Gasteiger partial charge in [-0.05, 0) is 44.5 Å². The summed E-state index contributed by atoms with van der Waals surface area (Å²) in [6, 6.07) is 15.7. The first-order chi connectivity index (χ1) is 12.3. The van der Waals surface area contributed by atoms with Crippen LogP contribution in [-0.2, 0) is 11.8 Å². The van der Waals surface area contributed by atoms with E-state index in [1.165, 1.54) is 0 Å². The SMILES string of the molecule is Cn1c(=O)c(C(COC(C)(C)C)c2ccccc2)nc2ccc(Br)cc21. The molecule has 26 heavy (non-hydrogen) atoms. The number of hydrogen-bond acceptors (Lipinski definition) is 3. The second kappa shape index (κ2) is 7.33. The van der Waals surface area contributed by atoms with Gasteiger partial charge in [0.05, 0.1) is 29.2 Å². The molecule has 0 spiro atoms. The molecule has 1 aromatic heterocycles. The van der Waals surface area contributed by atoms with Crippen molar-refractivity contribution >= 4 is 27.0 Å². The maximum Gasteiger partial charge on any atom is 0.273 e. The van der Waals surface area contributed by atoms with Crippen LogP contribution >= 0.6 is 15.9 Å². The lowest BCUT2D eigenvalue weighted by Crippen LogP contribution is -2.30. The van der Waals surface area contributed by atoms with E-state index in [1.807, 2.05) is 69.3 Å². The van der Waals surface area contributed by atoms with Gasteiger partial charge in [0.15, 0.2) is 0 Å². The lowest BCUT2D eigenvalue weighted by Gasteiger charge is -2.24. The Balaban J connectivity index is 2.16. The summed E-state index contributed by atoms with van der Waals surface area (Å²) in [5.74, 6) is -0.220. The first-order valence-corrected chi connectivity index (χ1v) is 9.40. The van der Waals surface area contributed by atoms with Gasteiger partial charge in [-0.1, -0.05) is 46.3 Å². The third kappa shape index (κ3) is 4.05. The van der Waals surface area contributed by atoms with Crippen LogP contribution in [0.4, 0.5) is 0 Å². The quantitative estimate of drug-likeness (QED) is 0.624. The Morgan fingerprint density at radius 3 is 2.50 bits per heavy atom. The first-order valence-electron chi connectivity index (χ1n) is 8.61. The van der Waals surface area contributed by atoms with Gasteiger partial charge in [0.2, 0.25) is 0 Å². The first kappa shape index (κ1) is 18.8. The van der Waals surface area contributed by atoms with Gasteiger partial charge in [-0.2, -0.15) is 0 Å². The van der Waals surface area contributed by atoms with Crippen molar-refractivity contribution in [1.82, 2.24) is 9.55 Å². The average Bonchev–Trinajstić information content (AvgIpc) is 2.60. The van der Waals surface area contributed by atoms with E-state index < -0.39 is 0 Å². The van der Waals surface area contributed by atoms with E-state index in [-0.39, 0.29) is 17.1 Å². The van der Waals surface area contributed by atoms with Crippen molar-refractivity contribution in [2.45, 2.75) is 32.3 Å². The van der Waals surface area contributed by atoms with Crippen molar-refractivity contribution < 1.29 is 4.74 Å². The summed E-state index contributed by atoms with van der Waals surface area (Å²) in [7, 11) is 1.79. The van der Waals surface area contributed by atoms with Crippen LogP contribution in [0.25, 0.3) is 11.0 Å². The summed E-state index contributed by atoms with van der Waals surface area (Å²) in [4.78, 5) is 17.8. The van der Waals surface area contributed by atoms with Crippen molar-refractivity contribution in [3.05, 3.63) is 74.6 Å². The number of fused-ring (bicyclic) bond motifs is 1. The van der Waals surface area contributed by atoms with Crippen molar-refractivity contribution in [3.8, 4) is 0 Å². The molecule has 0 bridgehead atoms. The lowest BCUT2D eigenvalue weighted by atomic mass is 9.96. The molecule has 0 aliphatic carbocycles. The summed E-state index contributed by atoms with van der Waals surface area (Å²) < 4.78 is 8.61. The monoisotopic (exact) mass is 414 g/mol. The number of aromatic nitrogens is 2. The molecule has 0 radical (unpaired) electrons. The third-order valence-electron chi connectivity index (χ3n) is 4.28. The highest BCUT2D eigenvalue weighted by atomic mass is 79.9. The Labute approximate surface area is 162 Å². The van der Waals surface area contributed by atoms with E-state index in [9.17, 15) is 4.79 Å². The molecule has 5 heteroatoms. The van der Waals surface area contributed by atoms with E-state index in [0.29, 0.717) is 12.3 Å². The van der Waals surface area contributed by atoms with Crippen molar-refractivity contribution in [3.63, 3.8) is 0 Å². The van der Waals surface area contributed by atoms with Gasteiger partial charge in [0, 0.05) is 11.5 Å². The van der Waals surface area contributed by atoms with E-state index in [1.54, 1.807) is 11.6 Å². The predicted molar refractivity (Wildman–Crippen MR) is 109 cm³/mol. The summed E-state index contributed by atoms with van der Waals surface area (Å²) in [5.41, 5.74) is 2.75. The highest BCUT2D eigenvalue weighted by molar-refractivity contribution is 9.10. The predicted octanol–water partition coefficient (Wildman–Crippen LogP) is 4.64. The van der Waals surface area contributed by atoms with Crippen LogP contribution in [0.5, 0.6) is 0 Å². The third-order valence-corrected chi connectivity index (χ3v) is 4.77. The number of hydrogen-bond donors (Lipinski definition) is 0. The molecule has 2 aromatic carbocycles. The maximum absolute atomic E-state index is 13.1. The molecule has 1 heterocycles. The number of aryl methyl sites for hydroxylation is 1. The molecule has 0 amide bonds. The van der Waals surface area contributed by atoms with Crippen molar-refractivity contribution in [2.24, 2.45) is 7.05 Å². The zero-order valence-corrected chi connectivity index (χ0v) is 17.1. The Bertz CT molecular complexity index is 975. The zero-order valence-electron chi connectivity index (χ0n) is 15.5. The highest BCUT2D eigenvalue weighted by Gasteiger charge is 2.24. The Morgan fingerprint density at radius 2 is 1.85 bits per heavy atom. The number of halogens is 1. The number of rotatable bonds is 4.